The van der Waals surface area contributed by atoms with Crippen LogP contribution >= 0.6 is 0 Å². The van der Waals surface area contributed by atoms with E-state index in [-0.39, 0.29) is 0 Å². The van der Waals surface area contributed by atoms with E-state index >= 15 is 0 Å². The zero-order valence-corrected chi connectivity index (χ0v) is 27.9. The molecule has 0 amide bonds. The standard InChI is InChI=1S/C48H29NO3/c1-3-12-31(13-4-1)49(32-14-5-2-6-15-32)33-25-27-41-45(29-33)51-43-23-11-18-37(46(41)43)38-19-10-21-40-39-20-9-17-34(47(39)52-48(38)40)30-24-26-36-35-16-7-8-22-42(35)50-44(36)28-30/h1-29H. The van der Waals surface area contributed by atoms with Gasteiger partial charge in [0.1, 0.15) is 33.5 Å². The van der Waals surface area contributed by atoms with Crippen LogP contribution in [-0.2, 0) is 0 Å². The molecule has 4 heteroatoms. The van der Waals surface area contributed by atoms with Crippen LogP contribution in [0.5, 0.6) is 0 Å². The fourth-order valence-electron chi connectivity index (χ4n) is 7.93. The van der Waals surface area contributed by atoms with E-state index in [4.69, 9.17) is 13.3 Å². The summed E-state index contributed by atoms with van der Waals surface area (Å²) < 4.78 is 19.8. The zero-order chi connectivity index (χ0) is 34.2. The van der Waals surface area contributed by atoms with Gasteiger partial charge in [-0.3, -0.25) is 0 Å². The number of hydrogen-bond acceptors (Lipinski definition) is 4. The van der Waals surface area contributed by atoms with Gasteiger partial charge in [0.05, 0.1) is 0 Å². The van der Waals surface area contributed by atoms with Crippen molar-refractivity contribution >= 4 is 82.9 Å². The lowest BCUT2D eigenvalue weighted by Gasteiger charge is -2.25. The predicted molar refractivity (Wildman–Crippen MR) is 214 cm³/mol. The molecule has 0 spiro atoms. The van der Waals surface area contributed by atoms with Gasteiger partial charge in [0.15, 0.2) is 0 Å². The van der Waals surface area contributed by atoms with Crippen molar-refractivity contribution in [2.45, 2.75) is 0 Å². The third-order valence-electron chi connectivity index (χ3n) is 10.3. The Morgan fingerprint density at radius 1 is 0.308 bits per heavy atom. The van der Waals surface area contributed by atoms with Crippen LogP contribution in [0.4, 0.5) is 17.1 Å². The first-order valence-electron chi connectivity index (χ1n) is 17.5. The van der Waals surface area contributed by atoms with Gasteiger partial charge in [0, 0.05) is 66.6 Å². The van der Waals surface area contributed by atoms with Crippen LogP contribution in [0.15, 0.2) is 189 Å². The van der Waals surface area contributed by atoms with Crippen LogP contribution in [0.2, 0.25) is 0 Å². The molecular formula is C48H29NO3. The summed E-state index contributed by atoms with van der Waals surface area (Å²) in [5.74, 6) is 0. The molecule has 3 aromatic heterocycles. The minimum absolute atomic E-state index is 0.830. The maximum atomic E-state index is 6.91. The van der Waals surface area contributed by atoms with Gasteiger partial charge in [-0.15, -0.1) is 0 Å². The molecule has 244 valence electrons. The highest BCUT2D eigenvalue weighted by Crippen LogP contribution is 2.45. The Balaban J connectivity index is 1.07. The first-order chi connectivity index (χ1) is 25.8. The minimum atomic E-state index is 0.830. The summed E-state index contributed by atoms with van der Waals surface area (Å²) in [5, 5.41) is 6.51. The van der Waals surface area contributed by atoms with Gasteiger partial charge in [-0.2, -0.15) is 0 Å². The summed E-state index contributed by atoms with van der Waals surface area (Å²) in [4.78, 5) is 2.26. The number of furan rings is 3. The summed E-state index contributed by atoms with van der Waals surface area (Å²) in [7, 11) is 0. The van der Waals surface area contributed by atoms with Crippen molar-refractivity contribution < 1.29 is 13.3 Å². The molecular weight excluding hydrogens is 639 g/mol. The Labute approximate surface area is 298 Å². The molecule has 11 rings (SSSR count). The average molecular weight is 668 g/mol. The van der Waals surface area contributed by atoms with Crippen molar-refractivity contribution in [2.24, 2.45) is 0 Å². The molecule has 0 fully saturated rings. The number of hydrogen-bond donors (Lipinski definition) is 0. The van der Waals surface area contributed by atoms with Crippen molar-refractivity contribution in [3.05, 3.63) is 176 Å². The quantitative estimate of drug-likeness (QED) is 0.183. The lowest BCUT2D eigenvalue weighted by atomic mass is 9.97. The van der Waals surface area contributed by atoms with Gasteiger partial charge >= 0.3 is 0 Å². The van der Waals surface area contributed by atoms with E-state index in [2.05, 4.69) is 150 Å². The third-order valence-corrected chi connectivity index (χ3v) is 10.3. The molecule has 0 saturated heterocycles. The topological polar surface area (TPSA) is 42.7 Å². The highest BCUT2D eigenvalue weighted by Gasteiger charge is 2.21. The molecule has 0 N–H and O–H groups in total. The van der Waals surface area contributed by atoms with Gasteiger partial charge in [-0.25, -0.2) is 0 Å². The second kappa shape index (κ2) is 11.2. The van der Waals surface area contributed by atoms with Crippen LogP contribution in [-0.4, -0.2) is 0 Å². The number of rotatable bonds is 5. The Hall–Kier alpha value is -7.04. The Bertz CT molecular complexity index is 3090. The van der Waals surface area contributed by atoms with Crippen molar-refractivity contribution in [2.75, 3.05) is 4.90 Å². The van der Waals surface area contributed by atoms with Crippen LogP contribution in [0.3, 0.4) is 0 Å². The number of para-hydroxylation sites is 5. The Morgan fingerprint density at radius 3 is 1.65 bits per heavy atom. The lowest BCUT2D eigenvalue weighted by Crippen LogP contribution is -2.09. The van der Waals surface area contributed by atoms with E-state index < -0.39 is 0 Å². The van der Waals surface area contributed by atoms with E-state index in [1.807, 2.05) is 30.3 Å². The fraction of sp³-hybridized carbons (Fsp3) is 0. The highest BCUT2D eigenvalue weighted by atomic mass is 16.3. The van der Waals surface area contributed by atoms with Gasteiger partial charge in [-0.1, -0.05) is 109 Å². The Kier molecular flexibility index (Phi) is 6.22. The number of nitrogens with zero attached hydrogens (tertiary/aromatic N) is 1. The number of benzene rings is 8. The van der Waals surface area contributed by atoms with Crippen molar-refractivity contribution in [1.82, 2.24) is 0 Å². The molecule has 4 nitrogen and oxygen atoms in total. The van der Waals surface area contributed by atoms with Crippen molar-refractivity contribution in [3.8, 4) is 22.3 Å². The van der Waals surface area contributed by atoms with Gasteiger partial charge in [0.25, 0.3) is 0 Å². The van der Waals surface area contributed by atoms with Crippen molar-refractivity contribution in [3.63, 3.8) is 0 Å². The summed E-state index contributed by atoms with van der Waals surface area (Å²) in [5.41, 5.74) is 12.5. The van der Waals surface area contributed by atoms with E-state index in [0.717, 1.165) is 105 Å². The summed E-state index contributed by atoms with van der Waals surface area (Å²) in [6.07, 6.45) is 0. The smallest absolute Gasteiger partial charge is 0.143 e. The second-order valence-corrected chi connectivity index (χ2v) is 13.2. The largest absolute Gasteiger partial charge is 0.456 e. The average Bonchev–Trinajstić information content (AvgIpc) is 3.89. The van der Waals surface area contributed by atoms with Crippen LogP contribution in [0.1, 0.15) is 0 Å². The predicted octanol–water partition coefficient (Wildman–Crippen LogP) is 14.2. The first-order valence-corrected chi connectivity index (χ1v) is 17.5. The summed E-state index contributed by atoms with van der Waals surface area (Å²) in [6, 6.07) is 61.1. The zero-order valence-electron chi connectivity index (χ0n) is 27.9. The van der Waals surface area contributed by atoms with E-state index in [0.29, 0.717) is 0 Å². The fourth-order valence-corrected chi connectivity index (χ4v) is 7.93. The Morgan fingerprint density at radius 2 is 0.865 bits per heavy atom. The van der Waals surface area contributed by atoms with Crippen LogP contribution in [0.25, 0.3) is 88.1 Å². The van der Waals surface area contributed by atoms with Crippen LogP contribution in [0, 0.1) is 0 Å². The molecule has 0 atom stereocenters. The van der Waals surface area contributed by atoms with Gasteiger partial charge < -0.3 is 18.2 Å². The molecule has 3 heterocycles. The third kappa shape index (κ3) is 4.34. The summed E-state index contributed by atoms with van der Waals surface area (Å²) in [6.45, 7) is 0. The van der Waals surface area contributed by atoms with Crippen LogP contribution < -0.4 is 4.90 Å². The van der Waals surface area contributed by atoms with E-state index in [1.54, 1.807) is 0 Å². The maximum absolute atomic E-state index is 6.91. The number of anilines is 3. The molecule has 0 bridgehead atoms. The normalized spacial score (nSPS) is 11.8. The molecule has 11 aromatic rings. The van der Waals surface area contributed by atoms with E-state index in [9.17, 15) is 0 Å². The molecule has 0 aliphatic rings. The molecule has 0 aliphatic heterocycles. The minimum Gasteiger partial charge on any atom is -0.456 e. The lowest BCUT2D eigenvalue weighted by molar-refractivity contribution is 0.668. The van der Waals surface area contributed by atoms with Crippen molar-refractivity contribution in [1.29, 1.82) is 0 Å². The molecule has 52 heavy (non-hydrogen) atoms. The second-order valence-electron chi connectivity index (χ2n) is 13.2. The summed E-state index contributed by atoms with van der Waals surface area (Å²) >= 11 is 0. The van der Waals surface area contributed by atoms with Gasteiger partial charge in [0.2, 0.25) is 0 Å². The molecule has 0 radical (unpaired) electrons. The molecule has 8 aromatic carbocycles. The molecule has 0 saturated carbocycles. The monoisotopic (exact) mass is 667 g/mol. The van der Waals surface area contributed by atoms with E-state index in [1.165, 1.54) is 0 Å². The molecule has 0 aliphatic carbocycles. The SMILES string of the molecule is c1ccc(N(c2ccccc2)c2ccc3c(c2)oc2cccc(-c4cccc5c4oc4c(-c6ccc7c(c6)oc6ccccc67)cccc45)c23)cc1. The molecule has 0 unspecified atom stereocenters. The van der Waals surface area contributed by atoms with Gasteiger partial charge in [-0.05, 0) is 71.8 Å². The number of fused-ring (bicyclic) bond motifs is 9. The highest BCUT2D eigenvalue weighted by molar-refractivity contribution is 6.19. The maximum Gasteiger partial charge on any atom is 0.143 e. The first kappa shape index (κ1) is 28.8.